The van der Waals surface area contributed by atoms with E-state index in [2.05, 4.69) is 20.3 Å². The van der Waals surface area contributed by atoms with Crippen molar-refractivity contribution in [3.63, 3.8) is 0 Å². The molecule has 0 aliphatic carbocycles. The molecule has 2 aromatic heterocycles. The molecule has 1 atom stereocenters. The van der Waals surface area contributed by atoms with Gasteiger partial charge in [-0.05, 0) is 37.1 Å². The fraction of sp³-hybridized carbons (Fsp3) is 0.375. The van der Waals surface area contributed by atoms with Crippen LogP contribution in [0.15, 0.2) is 38.7 Å². The van der Waals surface area contributed by atoms with Gasteiger partial charge in [0, 0.05) is 12.2 Å². The summed E-state index contributed by atoms with van der Waals surface area (Å²) in [6.07, 6.45) is 1.99. The molecule has 0 spiro atoms. The van der Waals surface area contributed by atoms with Crippen molar-refractivity contribution in [3.05, 3.63) is 46.4 Å². The van der Waals surface area contributed by atoms with Crippen LogP contribution < -0.4 is 5.69 Å². The molecule has 4 rings (SSSR count). The zero-order valence-corrected chi connectivity index (χ0v) is 14.5. The highest BCUT2D eigenvalue weighted by Gasteiger charge is 2.20. The minimum atomic E-state index is -0.327. The van der Waals surface area contributed by atoms with E-state index in [9.17, 15) is 9.18 Å². The minimum absolute atomic E-state index is 0.0416. The minimum Gasteiger partial charge on any atom is -0.376 e. The molecule has 1 saturated heterocycles. The molecular formula is C16H16FN5O3S. The SMILES string of the molecule is O=c1[nH]nc(SCc2noc(-c3ccc(F)cc3)n2)n1CC1CCCO1. The van der Waals surface area contributed by atoms with Gasteiger partial charge in [-0.2, -0.15) is 4.98 Å². The van der Waals surface area contributed by atoms with Crippen LogP contribution in [0, 0.1) is 5.82 Å². The second-order valence-corrected chi connectivity index (χ2v) is 6.81. The van der Waals surface area contributed by atoms with Crippen LogP contribution in [-0.4, -0.2) is 37.6 Å². The number of aromatic amines is 1. The quantitative estimate of drug-likeness (QED) is 0.658. The van der Waals surface area contributed by atoms with Crippen molar-refractivity contribution in [1.29, 1.82) is 0 Å². The van der Waals surface area contributed by atoms with Gasteiger partial charge in [-0.1, -0.05) is 16.9 Å². The predicted molar refractivity (Wildman–Crippen MR) is 91.1 cm³/mol. The van der Waals surface area contributed by atoms with Gasteiger partial charge in [0.25, 0.3) is 5.89 Å². The Balaban J connectivity index is 1.43. The average molecular weight is 377 g/mol. The largest absolute Gasteiger partial charge is 0.376 e. The molecule has 0 saturated carbocycles. The van der Waals surface area contributed by atoms with Crippen LogP contribution in [0.25, 0.3) is 11.5 Å². The predicted octanol–water partition coefficient (Wildman–Crippen LogP) is 2.23. The molecule has 1 aromatic carbocycles. The van der Waals surface area contributed by atoms with E-state index in [-0.39, 0.29) is 17.6 Å². The lowest BCUT2D eigenvalue weighted by atomic mass is 10.2. The zero-order chi connectivity index (χ0) is 17.9. The number of aromatic nitrogens is 5. The number of H-pyrrole nitrogens is 1. The van der Waals surface area contributed by atoms with E-state index in [1.807, 2.05) is 0 Å². The third-order valence-corrected chi connectivity index (χ3v) is 5.00. The maximum atomic E-state index is 13.0. The molecule has 0 radical (unpaired) electrons. The highest BCUT2D eigenvalue weighted by molar-refractivity contribution is 7.98. The number of thioether (sulfide) groups is 1. The first-order chi connectivity index (χ1) is 12.7. The van der Waals surface area contributed by atoms with E-state index in [1.165, 1.54) is 23.9 Å². The lowest BCUT2D eigenvalue weighted by Gasteiger charge is -2.10. The number of rotatable bonds is 6. The van der Waals surface area contributed by atoms with Gasteiger partial charge in [-0.15, -0.1) is 5.10 Å². The fourth-order valence-corrected chi connectivity index (χ4v) is 3.52. The summed E-state index contributed by atoms with van der Waals surface area (Å²) in [6, 6.07) is 5.82. The molecule has 1 aliphatic heterocycles. The van der Waals surface area contributed by atoms with Crippen molar-refractivity contribution in [2.45, 2.75) is 36.4 Å². The van der Waals surface area contributed by atoms with E-state index in [0.29, 0.717) is 34.7 Å². The van der Waals surface area contributed by atoms with E-state index >= 15 is 0 Å². The van der Waals surface area contributed by atoms with Crippen LogP contribution in [0.5, 0.6) is 0 Å². The van der Waals surface area contributed by atoms with Gasteiger partial charge in [-0.3, -0.25) is 4.57 Å². The Bertz CT molecular complexity index is 930. The Morgan fingerprint density at radius 1 is 1.35 bits per heavy atom. The Labute approximate surface area is 151 Å². The Morgan fingerprint density at radius 3 is 2.96 bits per heavy atom. The number of halogens is 1. The molecule has 3 aromatic rings. The Morgan fingerprint density at radius 2 is 2.19 bits per heavy atom. The van der Waals surface area contributed by atoms with Crippen molar-refractivity contribution >= 4 is 11.8 Å². The van der Waals surface area contributed by atoms with Crippen LogP contribution >= 0.6 is 11.8 Å². The molecule has 1 aliphatic rings. The molecule has 3 heterocycles. The highest BCUT2D eigenvalue weighted by atomic mass is 32.2. The Hall–Kier alpha value is -2.46. The standard InChI is InChI=1S/C16H16FN5O3S/c17-11-5-3-10(4-6-11)14-18-13(21-25-14)9-26-16-20-19-15(23)22(16)8-12-2-1-7-24-12/h3-6,12H,1-2,7-9H2,(H,19,23). The summed E-state index contributed by atoms with van der Waals surface area (Å²) in [6.45, 7) is 1.21. The van der Waals surface area contributed by atoms with Crippen LogP contribution in [0.2, 0.25) is 0 Å². The molecular weight excluding hydrogens is 361 g/mol. The van der Waals surface area contributed by atoms with Crippen molar-refractivity contribution in [1.82, 2.24) is 24.9 Å². The van der Waals surface area contributed by atoms with Crippen LogP contribution in [-0.2, 0) is 17.0 Å². The lowest BCUT2D eigenvalue weighted by molar-refractivity contribution is 0.0941. The lowest BCUT2D eigenvalue weighted by Crippen LogP contribution is -2.24. The maximum Gasteiger partial charge on any atom is 0.344 e. The van der Waals surface area contributed by atoms with E-state index in [0.717, 1.165) is 19.4 Å². The maximum absolute atomic E-state index is 13.0. The summed E-state index contributed by atoms with van der Waals surface area (Å²) >= 11 is 1.34. The molecule has 8 nitrogen and oxygen atoms in total. The molecule has 136 valence electrons. The summed E-state index contributed by atoms with van der Waals surface area (Å²) in [5.41, 5.74) is 0.383. The summed E-state index contributed by atoms with van der Waals surface area (Å²) in [5.74, 6) is 0.847. The average Bonchev–Trinajstić information content (AvgIpc) is 3.38. The van der Waals surface area contributed by atoms with Gasteiger partial charge in [0.05, 0.1) is 18.4 Å². The van der Waals surface area contributed by atoms with Gasteiger partial charge in [-0.25, -0.2) is 14.3 Å². The molecule has 1 N–H and O–H groups in total. The van der Waals surface area contributed by atoms with Crippen LogP contribution in [0.1, 0.15) is 18.7 Å². The fourth-order valence-electron chi connectivity index (χ4n) is 2.72. The molecule has 0 bridgehead atoms. The molecule has 1 unspecified atom stereocenters. The number of hydrogen-bond acceptors (Lipinski definition) is 7. The van der Waals surface area contributed by atoms with E-state index in [1.54, 1.807) is 16.7 Å². The van der Waals surface area contributed by atoms with Gasteiger partial charge in [0.15, 0.2) is 11.0 Å². The smallest absolute Gasteiger partial charge is 0.344 e. The molecule has 26 heavy (non-hydrogen) atoms. The molecule has 0 amide bonds. The second kappa shape index (κ2) is 7.42. The van der Waals surface area contributed by atoms with Gasteiger partial charge >= 0.3 is 5.69 Å². The highest BCUT2D eigenvalue weighted by Crippen LogP contribution is 2.23. The van der Waals surface area contributed by atoms with Crippen LogP contribution in [0.4, 0.5) is 4.39 Å². The van der Waals surface area contributed by atoms with Gasteiger partial charge in [0.1, 0.15) is 5.82 Å². The second-order valence-electron chi connectivity index (χ2n) is 5.87. The van der Waals surface area contributed by atoms with Gasteiger partial charge < -0.3 is 9.26 Å². The third kappa shape index (κ3) is 3.70. The van der Waals surface area contributed by atoms with E-state index in [4.69, 9.17) is 9.26 Å². The summed E-state index contributed by atoms with van der Waals surface area (Å²) in [7, 11) is 0. The first-order valence-corrected chi connectivity index (χ1v) is 9.16. The summed E-state index contributed by atoms with van der Waals surface area (Å²) in [4.78, 5) is 16.2. The van der Waals surface area contributed by atoms with Crippen molar-refractivity contribution < 1.29 is 13.7 Å². The van der Waals surface area contributed by atoms with Gasteiger partial charge in [0.2, 0.25) is 0 Å². The third-order valence-electron chi connectivity index (χ3n) is 4.02. The van der Waals surface area contributed by atoms with Crippen molar-refractivity contribution in [3.8, 4) is 11.5 Å². The number of hydrogen-bond donors (Lipinski definition) is 1. The normalized spacial score (nSPS) is 17.0. The zero-order valence-electron chi connectivity index (χ0n) is 13.7. The number of benzene rings is 1. The monoisotopic (exact) mass is 377 g/mol. The molecule has 1 fully saturated rings. The molecule has 10 heteroatoms. The van der Waals surface area contributed by atoms with Crippen molar-refractivity contribution in [2.75, 3.05) is 6.61 Å². The summed E-state index contributed by atoms with van der Waals surface area (Å²) < 4.78 is 25.3. The van der Waals surface area contributed by atoms with E-state index < -0.39 is 0 Å². The Kier molecular flexibility index (Phi) is 4.85. The number of ether oxygens (including phenoxy) is 1. The number of nitrogens with one attached hydrogen (secondary N) is 1. The first-order valence-electron chi connectivity index (χ1n) is 8.17. The number of nitrogens with zero attached hydrogens (tertiary/aromatic N) is 4. The first kappa shape index (κ1) is 17.0. The van der Waals surface area contributed by atoms with Crippen molar-refractivity contribution in [2.24, 2.45) is 0 Å². The summed E-state index contributed by atoms with van der Waals surface area (Å²) in [5, 5.41) is 11.0. The van der Waals surface area contributed by atoms with Crippen LogP contribution in [0.3, 0.4) is 0 Å². The topological polar surface area (TPSA) is 98.8 Å².